The van der Waals surface area contributed by atoms with E-state index in [-0.39, 0.29) is 5.69 Å². The van der Waals surface area contributed by atoms with Gasteiger partial charge in [0, 0.05) is 17.3 Å². The number of aliphatic hydroxyl groups is 2. The first-order valence-corrected chi connectivity index (χ1v) is 5.04. The highest BCUT2D eigenvalue weighted by Gasteiger charge is 2.26. The second-order valence-corrected chi connectivity index (χ2v) is 3.68. The summed E-state index contributed by atoms with van der Waals surface area (Å²) in [5.74, 6) is -2.77. The molecule has 0 radical (unpaired) electrons. The molecule has 0 aliphatic carbocycles. The van der Waals surface area contributed by atoms with Gasteiger partial charge >= 0.3 is 5.97 Å². The molecule has 0 bridgehead atoms. The van der Waals surface area contributed by atoms with Crippen molar-refractivity contribution in [2.24, 2.45) is 0 Å². The molecular weight excluding hydrogens is 248 g/mol. The maximum atomic E-state index is 13.4. The Morgan fingerprint density at radius 3 is 2.56 bits per heavy atom. The molecule has 0 aliphatic rings. The van der Waals surface area contributed by atoms with Gasteiger partial charge < -0.3 is 20.7 Å². The molecule has 18 heavy (non-hydrogen) atoms. The average molecular weight is 261 g/mol. The van der Waals surface area contributed by atoms with Gasteiger partial charge in [0.05, 0.1) is 19.6 Å². The number of ether oxygens (including phenoxy) is 1. The van der Waals surface area contributed by atoms with Crippen molar-refractivity contribution in [1.82, 2.24) is 0 Å². The molecule has 1 aromatic rings. The third-order valence-corrected chi connectivity index (χ3v) is 2.39. The predicted molar refractivity (Wildman–Crippen MR) is 58.4 cm³/mol. The maximum absolute atomic E-state index is 13.4. The van der Waals surface area contributed by atoms with E-state index in [0.717, 1.165) is 13.2 Å². The Bertz CT molecular complexity index is 430. The first kappa shape index (κ1) is 14.3. The van der Waals surface area contributed by atoms with E-state index in [2.05, 4.69) is 4.74 Å². The van der Waals surface area contributed by atoms with Crippen LogP contribution in [0.4, 0.5) is 14.5 Å². The van der Waals surface area contributed by atoms with Crippen molar-refractivity contribution >= 4 is 11.7 Å². The Hall–Kier alpha value is -1.73. The van der Waals surface area contributed by atoms with Crippen molar-refractivity contribution < 1.29 is 28.5 Å². The van der Waals surface area contributed by atoms with Crippen molar-refractivity contribution in [3.63, 3.8) is 0 Å². The number of rotatable bonds is 4. The summed E-state index contributed by atoms with van der Waals surface area (Å²) in [6, 6.07) is 1.34. The van der Waals surface area contributed by atoms with Crippen LogP contribution in [0.15, 0.2) is 12.1 Å². The van der Waals surface area contributed by atoms with E-state index in [4.69, 9.17) is 5.73 Å². The van der Waals surface area contributed by atoms with Crippen LogP contribution in [0.2, 0.25) is 0 Å². The molecule has 2 unspecified atom stereocenters. The van der Waals surface area contributed by atoms with E-state index in [0.29, 0.717) is 6.07 Å². The Morgan fingerprint density at radius 1 is 1.44 bits per heavy atom. The monoisotopic (exact) mass is 261 g/mol. The fraction of sp³-hybridized carbons (Fsp3) is 0.364. The molecule has 4 N–H and O–H groups in total. The number of carbonyl (C=O) groups is 1. The van der Waals surface area contributed by atoms with Crippen molar-refractivity contribution in [2.75, 3.05) is 12.8 Å². The van der Waals surface area contributed by atoms with Gasteiger partial charge in [-0.1, -0.05) is 0 Å². The first-order valence-electron chi connectivity index (χ1n) is 5.04. The zero-order chi connectivity index (χ0) is 13.9. The number of benzene rings is 1. The van der Waals surface area contributed by atoms with Crippen molar-refractivity contribution in [1.29, 1.82) is 0 Å². The molecule has 0 amide bonds. The summed E-state index contributed by atoms with van der Waals surface area (Å²) in [4.78, 5) is 10.9. The number of esters is 1. The lowest BCUT2D eigenvalue weighted by atomic mass is 10.00. The number of hydrogen-bond acceptors (Lipinski definition) is 5. The zero-order valence-corrected chi connectivity index (χ0v) is 9.56. The lowest BCUT2D eigenvalue weighted by molar-refractivity contribution is -0.144. The number of anilines is 1. The standard InChI is InChI=1S/C11H13F2NO4/c1-18-9(16)4-8(15)11(17)10-6(13)2-5(12)3-7(10)14/h2-3,8,11,15,17H,4,14H2,1H3. The quantitative estimate of drug-likeness (QED) is 0.542. The lowest BCUT2D eigenvalue weighted by Crippen LogP contribution is -2.24. The van der Waals surface area contributed by atoms with E-state index in [9.17, 15) is 23.8 Å². The van der Waals surface area contributed by atoms with E-state index < -0.39 is 41.8 Å². The Balaban J connectivity index is 2.96. The minimum atomic E-state index is -1.75. The summed E-state index contributed by atoms with van der Waals surface area (Å²) < 4.78 is 30.5. The largest absolute Gasteiger partial charge is 0.469 e. The smallest absolute Gasteiger partial charge is 0.308 e. The number of aliphatic hydroxyl groups excluding tert-OH is 2. The van der Waals surface area contributed by atoms with Crippen LogP contribution in [0.5, 0.6) is 0 Å². The fourth-order valence-electron chi connectivity index (χ4n) is 1.47. The summed E-state index contributed by atoms with van der Waals surface area (Å²) in [7, 11) is 1.11. The zero-order valence-electron chi connectivity index (χ0n) is 9.56. The molecular formula is C11H13F2NO4. The Kier molecular flexibility index (Phi) is 4.57. The molecule has 0 spiro atoms. The van der Waals surface area contributed by atoms with Crippen LogP contribution in [0, 0.1) is 11.6 Å². The Labute approximate surface area is 102 Å². The molecule has 0 saturated carbocycles. The van der Waals surface area contributed by atoms with Gasteiger partial charge in [-0.15, -0.1) is 0 Å². The predicted octanol–water partition coefficient (Wildman–Crippen LogP) is 0.504. The molecule has 0 heterocycles. The van der Waals surface area contributed by atoms with Gasteiger partial charge in [-0.05, 0) is 6.07 Å². The van der Waals surface area contributed by atoms with Crippen LogP contribution in [-0.2, 0) is 9.53 Å². The van der Waals surface area contributed by atoms with E-state index in [1.165, 1.54) is 0 Å². The van der Waals surface area contributed by atoms with Crippen LogP contribution in [-0.4, -0.2) is 29.4 Å². The topological polar surface area (TPSA) is 92.8 Å². The van der Waals surface area contributed by atoms with Crippen molar-refractivity contribution in [3.8, 4) is 0 Å². The van der Waals surface area contributed by atoms with Gasteiger partial charge in [0.2, 0.25) is 0 Å². The van der Waals surface area contributed by atoms with Crippen LogP contribution in [0.3, 0.4) is 0 Å². The average Bonchev–Trinajstić information content (AvgIpc) is 2.27. The molecule has 2 atom stereocenters. The SMILES string of the molecule is COC(=O)CC(O)C(O)c1c(N)cc(F)cc1F. The third-order valence-electron chi connectivity index (χ3n) is 2.39. The highest BCUT2D eigenvalue weighted by molar-refractivity contribution is 5.70. The molecule has 1 rings (SSSR count). The lowest BCUT2D eigenvalue weighted by Gasteiger charge is -2.19. The maximum Gasteiger partial charge on any atom is 0.308 e. The number of hydrogen-bond donors (Lipinski definition) is 3. The number of halogens is 2. The summed E-state index contributed by atoms with van der Waals surface area (Å²) in [5, 5.41) is 19.2. The van der Waals surface area contributed by atoms with E-state index in [1.54, 1.807) is 0 Å². The second-order valence-electron chi connectivity index (χ2n) is 3.68. The Morgan fingerprint density at radius 2 is 2.06 bits per heavy atom. The molecule has 5 nitrogen and oxygen atoms in total. The fourth-order valence-corrected chi connectivity index (χ4v) is 1.47. The first-order chi connectivity index (χ1) is 8.36. The third kappa shape index (κ3) is 3.14. The second kappa shape index (κ2) is 5.74. The van der Waals surface area contributed by atoms with Crippen LogP contribution < -0.4 is 5.73 Å². The molecule has 0 saturated heterocycles. The molecule has 0 fully saturated rings. The number of methoxy groups -OCH3 is 1. The number of carbonyl (C=O) groups excluding carboxylic acids is 1. The van der Waals surface area contributed by atoms with Crippen molar-refractivity contribution in [2.45, 2.75) is 18.6 Å². The van der Waals surface area contributed by atoms with Crippen LogP contribution in [0.25, 0.3) is 0 Å². The molecule has 0 aliphatic heterocycles. The van der Waals surface area contributed by atoms with Gasteiger partial charge in [0.15, 0.2) is 0 Å². The molecule has 0 aromatic heterocycles. The molecule has 100 valence electrons. The van der Waals surface area contributed by atoms with Gasteiger partial charge in [-0.2, -0.15) is 0 Å². The minimum absolute atomic E-state index is 0.344. The van der Waals surface area contributed by atoms with Crippen LogP contribution in [0.1, 0.15) is 18.1 Å². The number of nitrogen functional groups attached to an aromatic ring is 1. The van der Waals surface area contributed by atoms with Crippen LogP contribution >= 0.6 is 0 Å². The molecule has 1 aromatic carbocycles. The summed E-state index contributed by atoms with van der Waals surface area (Å²) in [6.45, 7) is 0. The normalized spacial score (nSPS) is 14.1. The van der Waals surface area contributed by atoms with E-state index in [1.807, 2.05) is 0 Å². The van der Waals surface area contributed by atoms with Gasteiger partial charge in [-0.25, -0.2) is 8.78 Å². The highest BCUT2D eigenvalue weighted by Crippen LogP contribution is 2.28. The van der Waals surface area contributed by atoms with E-state index >= 15 is 0 Å². The minimum Gasteiger partial charge on any atom is -0.469 e. The van der Waals surface area contributed by atoms with Gasteiger partial charge in [-0.3, -0.25) is 4.79 Å². The highest BCUT2D eigenvalue weighted by atomic mass is 19.1. The van der Waals surface area contributed by atoms with Crippen molar-refractivity contribution in [3.05, 3.63) is 29.3 Å². The summed E-state index contributed by atoms with van der Waals surface area (Å²) >= 11 is 0. The molecule has 7 heteroatoms. The number of nitrogens with two attached hydrogens (primary N) is 1. The summed E-state index contributed by atoms with van der Waals surface area (Å²) in [6.07, 6.45) is -3.88. The van der Waals surface area contributed by atoms with Gasteiger partial charge in [0.1, 0.15) is 17.7 Å². The van der Waals surface area contributed by atoms with Gasteiger partial charge in [0.25, 0.3) is 0 Å². The summed E-state index contributed by atoms with van der Waals surface area (Å²) in [5.41, 5.74) is 4.56.